The zero-order valence-corrected chi connectivity index (χ0v) is 11.1. The van der Waals surface area contributed by atoms with Crippen molar-refractivity contribution in [2.75, 3.05) is 4.72 Å². The molecule has 1 aromatic carbocycles. The second-order valence-corrected chi connectivity index (χ2v) is 5.61. The Hall–Kier alpha value is -1.67. The van der Waals surface area contributed by atoms with Crippen molar-refractivity contribution in [2.45, 2.75) is 5.03 Å². The highest BCUT2D eigenvalue weighted by atomic mass is 35.5. The third-order valence-electron chi connectivity index (χ3n) is 2.28. The molecule has 0 bridgehead atoms. The van der Waals surface area contributed by atoms with Gasteiger partial charge in [-0.25, -0.2) is 13.8 Å². The quantitative estimate of drug-likeness (QED) is 0.945. The SMILES string of the molecule is Cn1cnc(S(=O)(=O)Nc2cccc(F)c2F)c1Cl. The van der Waals surface area contributed by atoms with E-state index in [4.69, 9.17) is 11.6 Å². The van der Waals surface area contributed by atoms with E-state index in [9.17, 15) is 17.2 Å². The van der Waals surface area contributed by atoms with Gasteiger partial charge in [0, 0.05) is 7.05 Å². The number of nitrogens with one attached hydrogen (secondary N) is 1. The van der Waals surface area contributed by atoms with Crippen LogP contribution in [0.1, 0.15) is 0 Å². The maximum absolute atomic E-state index is 13.4. The summed E-state index contributed by atoms with van der Waals surface area (Å²) in [6.07, 6.45) is 1.19. The number of benzene rings is 1. The van der Waals surface area contributed by atoms with Crippen molar-refractivity contribution in [3.8, 4) is 0 Å². The Bertz CT molecular complexity index is 730. The normalized spacial score (nSPS) is 11.6. The number of hydrogen-bond donors (Lipinski definition) is 1. The van der Waals surface area contributed by atoms with E-state index in [0.717, 1.165) is 12.1 Å². The summed E-state index contributed by atoms with van der Waals surface area (Å²) in [6, 6.07) is 3.14. The van der Waals surface area contributed by atoms with Crippen LogP contribution in [0.2, 0.25) is 5.15 Å². The lowest BCUT2D eigenvalue weighted by atomic mass is 10.3. The Balaban J connectivity index is 2.42. The van der Waals surface area contributed by atoms with Crippen LogP contribution in [0.3, 0.4) is 0 Å². The summed E-state index contributed by atoms with van der Waals surface area (Å²) in [7, 11) is -2.69. The summed E-state index contributed by atoms with van der Waals surface area (Å²) in [5.74, 6) is -2.45. The molecule has 102 valence electrons. The molecule has 5 nitrogen and oxygen atoms in total. The molecule has 0 saturated carbocycles. The van der Waals surface area contributed by atoms with E-state index in [1.165, 1.54) is 24.0 Å². The Morgan fingerprint density at radius 1 is 1.37 bits per heavy atom. The number of sulfonamides is 1. The van der Waals surface area contributed by atoms with Gasteiger partial charge in [0.1, 0.15) is 5.15 Å². The largest absolute Gasteiger partial charge is 0.324 e. The average molecular weight is 308 g/mol. The number of nitrogens with zero attached hydrogens (tertiary/aromatic N) is 2. The van der Waals surface area contributed by atoms with Crippen molar-refractivity contribution in [3.63, 3.8) is 0 Å². The Labute approximate surface area is 112 Å². The first-order chi connectivity index (χ1) is 8.83. The van der Waals surface area contributed by atoms with Gasteiger partial charge in [0.25, 0.3) is 10.0 Å². The van der Waals surface area contributed by atoms with Crippen molar-refractivity contribution in [1.82, 2.24) is 9.55 Å². The van der Waals surface area contributed by atoms with Crippen LogP contribution < -0.4 is 4.72 Å². The van der Waals surface area contributed by atoms with Crippen molar-refractivity contribution >= 4 is 27.3 Å². The van der Waals surface area contributed by atoms with Gasteiger partial charge in [0.15, 0.2) is 11.6 Å². The summed E-state index contributed by atoms with van der Waals surface area (Å²) >= 11 is 5.74. The third-order valence-corrected chi connectivity index (χ3v) is 4.14. The van der Waals surface area contributed by atoms with Crippen LogP contribution >= 0.6 is 11.6 Å². The van der Waals surface area contributed by atoms with Gasteiger partial charge in [-0.05, 0) is 12.1 Å². The highest BCUT2D eigenvalue weighted by Gasteiger charge is 2.24. The van der Waals surface area contributed by atoms with E-state index < -0.39 is 32.4 Å². The Morgan fingerprint density at radius 3 is 2.63 bits per heavy atom. The van der Waals surface area contributed by atoms with Crippen molar-refractivity contribution < 1.29 is 17.2 Å². The molecule has 1 N–H and O–H groups in total. The molecule has 2 aromatic rings. The molecule has 0 amide bonds. The van der Waals surface area contributed by atoms with E-state index in [-0.39, 0.29) is 5.15 Å². The van der Waals surface area contributed by atoms with Crippen LogP contribution in [0.15, 0.2) is 29.6 Å². The number of halogens is 3. The Kier molecular flexibility index (Phi) is 3.46. The number of aryl methyl sites for hydroxylation is 1. The summed E-state index contributed by atoms with van der Waals surface area (Å²) in [4.78, 5) is 3.60. The fourth-order valence-corrected chi connectivity index (χ4v) is 2.84. The van der Waals surface area contributed by atoms with Crippen LogP contribution in [-0.4, -0.2) is 18.0 Å². The molecular weight excluding hydrogens is 300 g/mol. The number of aromatic nitrogens is 2. The minimum atomic E-state index is -4.18. The molecule has 0 saturated heterocycles. The fourth-order valence-electron chi connectivity index (χ4n) is 1.35. The molecule has 0 spiro atoms. The first kappa shape index (κ1) is 13.8. The van der Waals surface area contributed by atoms with Crippen LogP contribution in [0.25, 0.3) is 0 Å². The van der Waals surface area contributed by atoms with Gasteiger partial charge in [0.2, 0.25) is 5.03 Å². The smallest absolute Gasteiger partial charge is 0.282 e. The topological polar surface area (TPSA) is 64.0 Å². The van der Waals surface area contributed by atoms with Gasteiger partial charge in [-0.1, -0.05) is 17.7 Å². The van der Waals surface area contributed by atoms with Gasteiger partial charge in [-0.2, -0.15) is 8.42 Å². The molecule has 9 heteroatoms. The van der Waals surface area contributed by atoms with Gasteiger partial charge >= 0.3 is 0 Å². The van der Waals surface area contributed by atoms with Gasteiger partial charge in [0.05, 0.1) is 12.0 Å². The minimum Gasteiger partial charge on any atom is -0.324 e. The number of anilines is 1. The molecule has 0 aliphatic rings. The molecule has 0 radical (unpaired) electrons. The highest BCUT2D eigenvalue weighted by Crippen LogP contribution is 2.24. The summed E-state index contributed by atoms with van der Waals surface area (Å²) in [6.45, 7) is 0. The van der Waals surface area contributed by atoms with Crippen LogP contribution in [0, 0.1) is 11.6 Å². The van der Waals surface area contributed by atoms with Gasteiger partial charge < -0.3 is 4.57 Å². The maximum Gasteiger partial charge on any atom is 0.282 e. The van der Waals surface area contributed by atoms with Gasteiger partial charge in [-0.15, -0.1) is 0 Å². The van der Waals surface area contributed by atoms with Crippen LogP contribution in [0.4, 0.5) is 14.5 Å². The zero-order valence-electron chi connectivity index (χ0n) is 9.56. The predicted octanol–water partition coefficient (Wildman–Crippen LogP) is 2.15. The highest BCUT2D eigenvalue weighted by molar-refractivity contribution is 7.92. The van der Waals surface area contributed by atoms with Crippen molar-refractivity contribution in [1.29, 1.82) is 0 Å². The monoisotopic (exact) mass is 307 g/mol. The van der Waals surface area contributed by atoms with E-state index in [1.54, 1.807) is 0 Å². The molecule has 1 aromatic heterocycles. The van der Waals surface area contributed by atoms with Crippen molar-refractivity contribution in [3.05, 3.63) is 41.3 Å². The van der Waals surface area contributed by atoms with E-state index in [1.807, 2.05) is 4.72 Å². The second kappa shape index (κ2) is 4.78. The number of hydrogen-bond acceptors (Lipinski definition) is 3. The first-order valence-corrected chi connectivity index (χ1v) is 6.82. The number of rotatable bonds is 3. The predicted molar refractivity (Wildman–Crippen MR) is 65.4 cm³/mol. The lowest BCUT2D eigenvalue weighted by Gasteiger charge is -2.07. The molecule has 0 atom stereocenters. The van der Waals surface area contributed by atoms with Crippen molar-refractivity contribution in [2.24, 2.45) is 7.05 Å². The number of imidazole rings is 1. The molecule has 1 heterocycles. The summed E-state index contributed by atoms with van der Waals surface area (Å²) in [5.41, 5.74) is -0.512. The molecule has 2 rings (SSSR count). The fraction of sp³-hybridized carbons (Fsp3) is 0.100. The maximum atomic E-state index is 13.4. The Morgan fingerprint density at radius 2 is 2.05 bits per heavy atom. The minimum absolute atomic E-state index is 0.135. The molecule has 0 unspecified atom stereocenters. The zero-order chi connectivity index (χ0) is 14.2. The molecule has 19 heavy (non-hydrogen) atoms. The van der Waals surface area contributed by atoms with Crippen LogP contribution in [-0.2, 0) is 17.1 Å². The molecule has 0 aliphatic heterocycles. The third kappa shape index (κ3) is 2.54. The van der Waals surface area contributed by atoms with E-state index in [2.05, 4.69) is 4.98 Å². The van der Waals surface area contributed by atoms with E-state index in [0.29, 0.717) is 0 Å². The molecule has 0 fully saturated rings. The standard InChI is InChI=1S/C10H8ClF2N3O2S/c1-16-5-14-10(9(16)11)19(17,18)15-7-4-2-3-6(12)8(7)13/h2-5,15H,1H3. The molecule has 0 aliphatic carbocycles. The lowest BCUT2D eigenvalue weighted by Crippen LogP contribution is -2.15. The van der Waals surface area contributed by atoms with Crippen LogP contribution in [0.5, 0.6) is 0 Å². The first-order valence-electron chi connectivity index (χ1n) is 4.96. The molecular formula is C10H8ClF2N3O2S. The van der Waals surface area contributed by atoms with E-state index >= 15 is 0 Å². The second-order valence-electron chi connectivity index (χ2n) is 3.66. The summed E-state index contributed by atoms with van der Waals surface area (Å²) < 4.78 is 53.4. The van der Waals surface area contributed by atoms with Gasteiger partial charge in [-0.3, -0.25) is 4.72 Å². The lowest BCUT2D eigenvalue weighted by molar-refractivity contribution is 0.511. The average Bonchev–Trinajstić information content (AvgIpc) is 2.66. The summed E-state index contributed by atoms with van der Waals surface area (Å²) in [5, 5.41) is -0.593.